The van der Waals surface area contributed by atoms with E-state index < -0.39 is 17.6 Å². The Balaban J connectivity index is 1.50. The fourth-order valence-corrected chi connectivity index (χ4v) is 3.79. The molecule has 4 aromatic rings. The molecule has 0 aliphatic heterocycles. The average molecular weight is 512 g/mol. The largest absolute Gasteiger partial charge is 0.496 e. The zero-order valence-electron chi connectivity index (χ0n) is 19.1. The lowest BCUT2D eigenvalue weighted by Gasteiger charge is -2.15. The van der Waals surface area contributed by atoms with Crippen molar-refractivity contribution >= 4 is 23.2 Å². The molecule has 0 atom stereocenters. The van der Waals surface area contributed by atoms with Gasteiger partial charge >= 0.3 is 6.18 Å². The predicted octanol–water partition coefficient (Wildman–Crippen LogP) is 7.87. The first-order valence-corrected chi connectivity index (χ1v) is 11.3. The van der Waals surface area contributed by atoms with E-state index in [-0.39, 0.29) is 22.9 Å². The van der Waals surface area contributed by atoms with Crippen LogP contribution in [-0.2, 0) is 12.8 Å². The van der Waals surface area contributed by atoms with Gasteiger partial charge < -0.3 is 14.8 Å². The van der Waals surface area contributed by atoms with Crippen LogP contribution in [0.15, 0.2) is 91.0 Å². The Bertz CT molecular complexity index is 1360. The molecule has 0 aromatic heterocycles. The summed E-state index contributed by atoms with van der Waals surface area (Å²) in [5.41, 5.74) is 1.42. The molecule has 0 aliphatic rings. The molecular formula is C28H21ClF3NO3. The van der Waals surface area contributed by atoms with Crippen molar-refractivity contribution in [1.29, 1.82) is 0 Å². The van der Waals surface area contributed by atoms with Crippen LogP contribution in [-0.4, -0.2) is 13.0 Å². The lowest BCUT2D eigenvalue weighted by Crippen LogP contribution is -2.17. The van der Waals surface area contributed by atoms with Gasteiger partial charge in [-0.25, -0.2) is 0 Å². The molecule has 0 saturated carbocycles. The van der Waals surface area contributed by atoms with Gasteiger partial charge in [0, 0.05) is 16.1 Å². The number of carbonyl (C=O) groups excluding carboxylic acids is 1. The second-order valence-electron chi connectivity index (χ2n) is 7.85. The van der Waals surface area contributed by atoms with Crippen molar-refractivity contribution in [2.45, 2.75) is 12.8 Å². The topological polar surface area (TPSA) is 47.6 Å². The van der Waals surface area contributed by atoms with Crippen molar-refractivity contribution in [3.63, 3.8) is 0 Å². The number of anilines is 1. The van der Waals surface area contributed by atoms with Crippen molar-refractivity contribution in [1.82, 2.24) is 0 Å². The van der Waals surface area contributed by atoms with E-state index in [9.17, 15) is 18.0 Å². The third-order valence-electron chi connectivity index (χ3n) is 5.43. The molecule has 1 N–H and O–H groups in total. The molecule has 184 valence electrons. The minimum atomic E-state index is -4.68. The van der Waals surface area contributed by atoms with Crippen molar-refractivity contribution in [3.05, 3.63) is 113 Å². The van der Waals surface area contributed by atoms with E-state index in [1.165, 1.54) is 25.3 Å². The van der Waals surface area contributed by atoms with E-state index in [0.29, 0.717) is 17.1 Å². The normalized spacial score (nSPS) is 11.1. The van der Waals surface area contributed by atoms with Gasteiger partial charge in [0.25, 0.3) is 5.91 Å². The van der Waals surface area contributed by atoms with Crippen LogP contribution < -0.4 is 14.8 Å². The fraction of sp³-hybridized carbons (Fsp3) is 0.107. The third kappa shape index (κ3) is 5.98. The zero-order chi connectivity index (χ0) is 25.7. The van der Waals surface area contributed by atoms with Crippen LogP contribution in [0.4, 0.5) is 18.9 Å². The number of halogens is 4. The molecule has 0 heterocycles. The standard InChI is InChI=1S/C28H21ClF3NO3/c1-35-26-14-9-20(27(34)33-25-13-10-22(29)16-24(25)28(30,31)32)15-21(26)17-36-23-11-7-19(8-12-23)18-5-3-2-4-6-18/h2-16H,17H2,1H3,(H,33,34). The summed E-state index contributed by atoms with van der Waals surface area (Å²) in [4.78, 5) is 12.8. The first kappa shape index (κ1) is 25.1. The van der Waals surface area contributed by atoms with Crippen molar-refractivity contribution < 1.29 is 27.4 Å². The molecule has 1 amide bonds. The number of carbonyl (C=O) groups is 1. The van der Waals surface area contributed by atoms with Crippen LogP contribution in [0.5, 0.6) is 11.5 Å². The van der Waals surface area contributed by atoms with Gasteiger partial charge in [-0.15, -0.1) is 0 Å². The molecular weight excluding hydrogens is 491 g/mol. The Morgan fingerprint density at radius 3 is 2.25 bits per heavy atom. The molecule has 4 aromatic carbocycles. The van der Waals surface area contributed by atoms with E-state index in [4.69, 9.17) is 21.1 Å². The van der Waals surface area contributed by atoms with Gasteiger partial charge in [-0.1, -0.05) is 54.1 Å². The highest BCUT2D eigenvalue weighted by atomic mass is 35.5. The summed E-state index contributed by atoms with van der Waals surface area (Å²) < 4.78 is 51.4. The number of alkyl halides is 3. The number of hydrogen-bond acceptors (Lipinski definition) is 3. The average Bonchev–Trinajstić information content (AvgIpc) is 2.88. The van der Waals surface area contributed by atoms with Gasteiger partial charge in [0.1, 0.15) is 18.1 Å². The third-order valence-corrected chi connectivity index (χ3v) is 5.67. The Morgan fingerprint density at radius 1 is 0.889 bits per heavy atom. The predicted molar refractivity (Wildman–Crippen MR) is 134 cm³/mol. The van der Waals surface area contributed by atoms with Crippen LogP contribution in [0.2, 0.25) is 5.02 Å². The summed E-state index contributed by atoms with van der Waals surface area (Å²) in [5.74, 6) is 0.386. The maximum Gasteiger partial charge on any atom is 0.418 e. The Labute approximate surface area is 211 Å². The van der Waals surface area contributed by atoms with Gasteiger partial charge in [-0.2, -0.15) is 13.2 Å². The first-order chi connectivity index (χ1) is 17.2. The molecule has 4 rings (SSSR count). The molecule has 36 heavy (non-hydrogen) atoms. The molecule has 0 saturated heterocycles. The lowest BCUT2D eigenvalue weighted by atomic mass is 10.1. The molecule has 0 spiro atoms. The number of rotatable bonds is 7. The first-order valence-electron chi connectivity index (χ1n) is 10.9. The van der Waals surface area contributed by atoms with E-state index >= 15 is 0 Å². The smallest absolute Gasteiger partial charge is 0.418 e. The number of ether oxygens (including phenoxy) is 2. The highest BCUT2D eigenvalue weighted by Crippen LogP contribution is 2.37. The van der Waals surface area contributed by atoms with Gasteiger partial charge in [0.05, 0.1) is 18.4 Å². The summed E-state index contributed by atoms with van der Waals surface area (Å²) in [6.07, 6.45) is -4.68. The zero-order valence-corrected chi connectivity index (χ0v) is 19.9. The Morgan fingerprint density at radius 2 is 1.58 bits per heavy atom. The van der Waals surface area contributed by atoms with Crippen molar-refractivity contribution in [3.8, 4) is 22.6 Å². The van der Waals surface area contributed by atoms with Gasteiger partial charge in [-0.05, 0) is 59.7 Å². The van der Waals surface area contributed by atoms with Crippen molar-refractivity contribution in [2.24, 2.45) is 0 Å². The van der Waals surface area contributed by atoms with Crippen LogP contribution in [0, 0.1) is 0 Å². The molecule has 0 fully saturated rings. The minimum Gasteiger partial charge on any atom is -0.496 e. The molecule has 4 nitrogen and oxygen atoms in total. The molecule has 0 aliphatic carbocycles. The van der Waals surface area contributed by atoms with E-state index in [0.717, 1.165) is 23.3 Å². The number of amides is 1. The van der Waals surface area contributed by atoms with Crippen LogP contribution in [0.3, 0.4) is 0 Å². The minimum absolute atomic E-state index is 0.0824. The number of nitrogens with one attached hydrogen (secondary N) is 1. The summed E-state index contributed by atoms with van der Waals surface area (Å²) in [6, 6.07) is 25.2. The Kier molecular flexibility index (Phi) is 7.50. The summed E-state index contributed by atoms with van der Waals surface area (Å²) >= 11 is 5.72. The maximum absolute atomic E-state index is 13.4. The summed E-state index contributed by atoms with van der Waals surface area (Å²) in [6.45, 7) is 0.0870. The SMILES string of the molecule is COc1ccc(C(=O)Nc2ccc(Cl)cc2C(F)(F)F)cc1COc1ccc(-c2ccccc2)cc1. The number of hydrogen-bond donors (Lipinski definition) is 1. The van der Waals surface area contributed by atoms with E-state index in [1.54, 1.807) is 6.07 Å². The quantitative estimate of drug-likeness (QED) is 0.275. The highest BCUT2D eigenvalue weighted by molar-refractivity contribution is 6.30. The summed E-state index contributed by atoms with van der Waals surface area (Å²) in [5, 5.41) is 2.24. The second-order valence-corrected chi connectivity index (χ2v) is 8.28. The van der Waals surface area contributed by atoms with E-state index in [2.05, 4.69) is 5.32 Å². The Hall–Kier alpha value is -3.97. The fourth-order valence-electron chi connectivity index (χ4n) is 3.62. The highest BCUT2D eigenvalue weighted by Gasteiger charge is 2.34. The lowest BCUT2D eigenvalue weighted by molar-refractivity contribution is -0.136. The van der Waals surface area contributed by atoms with Gasteiger partial charge in [-0.3, -0.25) is 4.79 Å². The summed E-state index contributed by atoms with van der Waals surface area (Å²) in [7, 11) is 1.48. The van der Waals surface area contributed by atoms with Gasteiger partial charge in [0.2, 0.25) is 0 Å². The van der Waals surface area contributed by atoms with Gasteiger partial charge in [0.15, 0.2) is 0 Å². The van der Waals surface area contributed by atoms with Crippen LogP contribution in [0.1, 0.15) is 21.5 Å². The maximum atomic E-state index is 13.4. The van der Waals surface area contributed by atoms with Crippen molar-refractivity contribution in [2.75, 3.05) is 12.4 Å². The van der Waals surface area contributed by atoms with E-state index in [1.807, 2.05) is 54.6 Å². The number of methoxy groups -OCH3 is 1. The monoisotopic (exact) mass is 511 g/mol. The van der Waals surface area contributed by atoms with Crippen LogP contribution >= 0.6 is 11.6 Å². The van der Waals surface area contributed by atoms with Crippen LogP contribution in [0.25, 0.3) is 11.1 Å². The second kappa shape index (κ2) is 10.7. The number of benzene rings is 4. The molecule has 0 unspecified atom stereocenters. The molecule has 0 bridgehead atoms. The molecule has 0 radical (unpaired) electrons. The molecule has 8 heteroatoms.